The molecule has 0 aromatic heterocycles. The average Bonchev–Trinajstić information content (AvgIpc) is 2.94. The van der Waals surface area contributed by atoms with Gasteiger partial charge in [0.15, 0.2) is 0 Å². The second kappa shape index (κ2) is 28.7. The lowest BCUT2D eigenvalue weighted by atomic mass is 10.2. The Kier molecular flexibility index (Phi) is 29.1. The van der Waals surface area contributed by atoms with E-state index in [1.54, 1.807) is 0 Å². The van der Waals surface area contributed by atoms with E-state index in [4.69, 9.17) is 4.17 Å². The number of rotatable bonds is 30. The van der Waals surface area contributed by atoms with Crippen molar-refractivity contribution in [1.82, 2.24) is 4.17 Å². The molecular formula is C36H78NP2+. The molecular weight excluding hydrogens is 508 g/mol. The Morgan fingerprint density at radius 1 is 0.256 bits per heavy atom. The third-order valence-electron chi connectivity index (χ3n) is 8.95. The Morgan fingerprint density at radius 2 is 0.436 bits per heavy atom. The molecule has 0 atom stereocenters. The molecule has 0 aliphatic rings. The van der Waals surface area contributed by atoms with Gasteiger partial charge in [0.05, 0.1) is 0 Å². The molecule has 39 heavy (non-hydrogen) atoms. The van der Waals surface area contributed by atoms with E-state index in [1.807, 2.05) is 0 Å². The summed E-state index contributed by atoms with van der Waals surface area (Å²) in [6.45, 7) is 14.3. The van der Waals surface area contributed by atoms with Gasteiger partial charge in [-0.2, -0.15) is 4.17 Å². The molecule has 0 aromatic carbocycles. The van der Waals surface area contributed by atoms with Gasteiger partial charge in [0.2, 0.25) is 14.1 Å². The minimum atomic E-state index is -1.23. The Hall–Kier alpha value is 0.570. The van der Waals surface area contributed by atoms with E-state index in [1.165, 1.54) is 191 Å². The lowest BCUT2D eigenvalue weighted by Gasteiger charge is -2.20. The Balaban J connectivity index is 6.68. The normalized spacial score (nSPS) is 12.3. The van der Waals surface area contributed by atoms with Crippen LogP contribution in [0.25, 0.3) is 0 Å². The molecule has 0 bridgehead atoms. The van der Waals surface area contributed by atoms with Crippen LogP contribution in [0.3, 0.4) is 0 Å². The zero-order valence-corrected chi connectivity index (χ0v) is 30.3. The Labute approximate surface area is 250 Å². The summed E-state index contributed by atoms with van der Waals surface area (Å²) in [5, 5.41) is 0. The fraction of sp³-hybridized carbons (Fsp3) is 1.00. The molecule has 0 aromatic rings. The van der Waals surface area contributed by atoms with Gasteiger partial charge in [0, 0.05) is 37.0 Å². The highest BCUT2D eigenvalue weighted by atomic mass is 31.2. The summed E-state index contributed by atoms with van der Waals surface area (Å²) in [5.41, 5.74) is 0. The van der Waals surface area contributed by atoms with Crippen molar-refractivity contribution in [1.29, 1.82) is 0 Å². The fourth-order valence-electron chi connectivity index (χ4n) is 6.34. The molecule has 0 fully saturated rings. The topological polar surface area (TPSA) is 14.1 Å². The van der Waals surface area contributed by atoms with Crippen LogP contribution >= 0.6 is 14.1 Å². The maximum Gasteiger partial charge on any atom is 0.216 e. The molecule has 0 aliphatic carbocycles. The van der Waals surface area contributed by atoms with Gasteiger partial charge in [-0.15, -0.1) is 0 Å². The molecule has 0 saturated carbocycles. The monoisotopic (exact) mass is 587 g/mol. The van der Waals surface area contributed by atoms with Gasteiger partial charge < -0.3 is 0 Å². The quantitative estimate of drug-likeness (QED) is 0.0451. The zero-order valence-electron chi connectivity index (χ0n) is 28.6. The van der Waals surface area contributed by atoms with E-state index < -0.39 is 14.1 Å². The van der Waals surface area contributed by atoms with Crippen molar-refractivity contribution in [2.75, 3.05) is 37.0 Å². The van der Waals surface area contributed by atoms with E-state index in [0.29, 0.717) is 0 Å². The minimum Gasteiger partial charge on any atom is -0.176 e. The van der Waals surface area contributed by atoms with E-state index >= 15 is 0 Å². The van der Waals surface area contributed by atoms with Gasteiger partial charge in [-0.3, -0.25) is 0 Å². The molecule has 0 aliphatic heterocycles. The molecule has 0 radical (unpaired) electrons. The molecule has 3 heteroatoms. The number of unbranched alkanes of at least 4 members (excludes halogenated alkanes) is 18. The van der Waals surface area contributed by atoms with Gasteiger partial charge in [-0.25, -0.2) is 0 Å². The van der Waals surface area contributed by atoms with Gasteiger partial charge in [-0.1, -0.05) is 157 Å². The molecule has 0 saturated heterocycles. The van der Waals surface area contributed by atoms with Gasteiger partial charge >= 0.3 is 0 Å². The lowest BCUT2D eigenvalue weighted by Crippen LogP contribution is -2.10. The van der Waals surface area contributed by atoms with Crippen LogP contribution < -0.4 is 4.17 Å². The largest absolute Gasteiger partial charge is 0.216 e. The third-order valence-corrected chi connectivity index (χ3v) is 18.9. The summed E-state index contributed by atoms with van der Waals surface area (Å²) in [6.07, 6.45) is 43.3. The van der Waals surface area contributed by atoms with Crippen LogP contribution in [-0.4, -0.2) is 37.0 Å². The summed E-state index contributed by atoms with van der Waals surface area (Å²) in [5.74, 6) is 0. The zero-order chi connectivity index (χ0) is 28.9. The maximum atomic E-state index is 6.55. The van der Waals surface area contributed by atoms with Crippen LogP contribution in [0.4, 0.5) is 0 Å². The van der Waals surface area contributed by atoms with E-state index in [-0.39, 0.29) is 0 Å². The predicted octanol–water partition coefficient (Wildman–Crippen LogP) is 13.9. The highest BCUT2D eigenvalue weighted by Crippen LogP contribution is 2.56. The van der Waals surface area contributed by atoms with E-state index in [2.05, 4.69) is 41.5 Å². The second-order valence-corrected chi connectivity index (χ2v) is 20.8. The Morgan fingerprint density at radius 3 is 0.590 bits per heavy atom. The summed E-state index contributed by atoms with van der Waals surface area (Å²) in [6, 6.07) is 0. The maximum absolute atomic E-state index is 6.55. The highest BCUT2D eigenvalue weighted by molar-refractivity contribution is 7.73. The van der Waals surface area contributed by atoms with Crippen molar-refractivity contribution in [3.05, 3.63) is 0 Å². The van der Waals surface area contributed by atoms with Crippen LogP contribution in [0.5, 0.6) is 0 Å². The van der Waals surface area contributed by atoms with Gasteiger partial charge in [0.1, 0.15) is 0 Å². The summed E-state index contributed by atoms with van der Waals surface area (Å²) in [4.78, 5) is 0. The summed E-state index contributed by atoms with van der Waals surface area (Å²) in [7, 11) is -2.46. The number of nitrogens with zero attached hydrogens (tertiary/aromatic N) is 1. The van der Waals surface area contributed by atoms with Crippen molar-refractivity contribution in [2.45, 2.75) is 196 Å². The predicted molar refractivity (Wildman–Crippen MR) is 190 cm³/mol. The minimum absolute atomic E-state index is 1.23. The van der Waals surface area contributed by atoms with Crippen LogP contribution in [0.15, 0.2) is 0 Å². The number of hydrogen-bond donors (Lipinski definition) is 0. The van der Waals surface area contributed by atoms with Crippen LogP contribution in [0.1, 0.15) is 196 Å². The molecule has 236 valence electrons. The first-order chi connectivity index (χ1) is 19.1. The van der Waals surface area contributed by atoms with Gasteiger partial charge in [0.25, 0.3) is 0 Å². The first-order valence-corrected chi connectivity index (χ1v) is 23.1. The van der Waals surface area contributed by atoms with Crippen molar-refractivity contribution < 1.29 is 0 Å². The molecule has 1 nitrogen and oxygen atoms in total. The molecule has 0 rings (SSSR count). The Bertz CT molecular complexity index is 493. The van der Waals surface area contributed by atoms with Crippen molar-refractivity contribution in [3.63, 3.8) is 0 Å². The first-order valence-electron chi connectivity index (χ1n) is 18.5. The average molecular weight is 587 g/mol. The standard InChI is InChI=1S/C36H78NP2/c1-7-13-19-25-31-38(32-26-20-14-8-2,33-27-21-15-9-3)37-39(34-28-22-16-10-4,35-29-23-17-11-5)36-30-24-18-12-6/h7-36H2,1-6H3/q+1. The van der Waals surface area contributed by atoms with Crippen molar-refractivity contribution >= 4 is 14.1 Å². The fourth-order valence-corrected chi connectivity index (χ4v) is 17.9. The second-order valence-electron chi connectivity index (χ2n) is 13.0. The smallest absolute Gasteiger partial charge is 0.176 e. The van der Waals surface area contributed by atoms with Crippen molar-refractivity contribution in [2.24, 2.45) is 0 Å². The summed E-state index contributed by atoms with van der Waals surface area (Å²) < 4.78 is 6.55. The summed E-state index contributed by atoms with van der Waals surface area (Å²) >= 11 is 0. The lowest BCUT2D eigenvalue weighted by molar-refractivity contribution is 0.682. The van der Waals surface area contributed by atoms with Gasteiger partial charge in [-0.05, 0) is 38.5 Å². The van der Waals surface area contributed by atoms with E-state index in [0.717, 1.165) is 0 Å². The number of hydrogen-bond acceptors (Lipinski definition) is 0. The van der Waals surface area contributed by atoms with Crippen molar-refractivity contribution in [3.8, 4) is 0 Å². The molecule has 0 spiro atoms. The third kappa shape index (κ3) is 21.9. The van der Waals surface area contributed by atoms with Crippen LogP contribution in [0.2, 0.25) is 0 Å². The first kappa shape index (κ1) is 39.6. The SMILES string of the molecule is CCCCCCP(CCCCCC)(CCCCCC)=[N+]=P(CCCCCC)(CCCCCC)CCCCCC. The van der Waals surface area contributed by atoms with Crippen LogP contribution in [-0.2, 0) is 0 Å². The highest BCUT2D eigenvalue weighted by Gasteiger charge is 2.35. The molecule has 0 unspecified atom stereocenters. The van der Waals surface area contributed by atoms with E-state index in [9.17, 15) is 0 Å². The van der Waals surface area contributed by atoms with Crippen LogP contribution in [0, 0.1) is 0 Å². The molecule has 0 amide bonds. The molecule has 0 heterocycles. The molecule has 0 N–H and O–H groups in total.